The van der Waals surface area contributed by atoms with Crippen molar-refractivity contribution in [2.75, 3.05) is 26.8 Å². The van der Waals surface area contributed by atoms with E-state index in [1.807, 2.05) is 0 Å². The van der Waals surface area contributed by atoms with Crippen LogP contribution in [0, 0.1) is 11.7 Å². The van der Waals surface area contributed by atoms with Crippen LogP contribution in [0.3, 0.4) is 0 Å². The van der Waals surface area contributed by atoms with Gasteiger partial charge in [-0.3, -0.25) is 0 Å². The van der Waals surface area contributed by atoms with Gasteiger partial charge in [-0.25, -0.2) is 17.5 Å². The molecular formula is C13H19FN2O3S. The second-order valence-electron chi connectivity index (χ2n) is 4.88. The van der Waals surface area contributed by atoms with Gasteiger partial charge in [-0.05, 0) is 37.1 Å². The van der Waals surface area contributed by atoms with Gasteiger partial charge < -0.3 is 10.1 Å². The Kier molecular flexibility index (Phi) is 5.09. The standard InChI is InChI=1S/C13H19FN2O3S/c1-15-7-10-2-3-13(12(14)6-10)20(17,18)16-8-11-4-5-19-9-11/h2-3,6,11,15-16H,4-5,7-9H2,1H3. The maximum absolute atomic E-state index is 13.9. The van der Waals surface area contributed by atoms with Crippen molar-refractivity contribution in [2.24, 2.45) is 5.92 Å². The molecule has 1 fully saturated rings. The summed E-state index contributed by atoms with van der Waals surface area (Å²) in [4.78, 5) is -0.309. The first-order valence-corrected chi connectivity index (χ1v) is 8.01. The molecule has 2 N–H and O–H groups in total. The Labute approximate surface area is 118 Å². The van der Waals surface area contributed by atoms with Crippen molar-refractivity contribution in [3.63, 3.8) is 0 Å². The zero-order chi connectivity index (χ0) is 14.6. The van der Waals surface area contributed by atoms with Gasteiger partial charge >= 0.3 is 0 Å². The Balaban J connectivity index is 2.08. The van der Waals surface area contributed by atoms with E-state index >= 15 is 0 Å². The van der Waals surface area contributed by atoms with Crippen LogP contribution in [0.4, 0.5) is 4.39 Å². The lowest BCUT2D eigenvalue weighted by Crippen LogP contribution is -2.30. The molecule has 2 rings (SSSR count). The number of benzene rings is 1. The Morgan fingerprint density at radius 3 is 2.85 bits per heavy atom. The summed E-state index contributed by atoms with van der Waals surface area (Å²) in [7, 11) is -2.07. The summed E-state index contributed by atoms with van der Waals surface area (Å²) < 4.78 is 45.7. The van der Waals surface area contributed by atoms with Gasteiger partial charge in [0.1, 0.15) is 10.7 Å². The van der Waals surface area contributed by atoms with E-state index in [0.29, 0.717) is 25.3 Å². The predicted molar refractivity (Wildman–Crippen MR) is 73.3 cm³/mol. The van der Waals surface area contributed by atoms with Gasteiger partial charge in [-0.15, -0.1) is 0 Å². The van der Waals surface area contributed by atoms with Crippen LogP contribution in [-0.4, -0.2) is 35.2 Å². The fraction of sp³-hybridized carbons (Fsp3) is 0.538. The highest BCUT2D eigenvalue weighted by Crippen LogP contribution is 2.17. The molecule has 0 radical (unpaired) electrons. The van der Waals surface area contributed by atoms with Crippen LogP contribution in [0.15, 0.2) is 23.1 Å². The third kappa shape index (κ3) is 3.76. The molecule has 1 heterocycles. The molecule has 1 aliphatic rings. The number of hydrogen-bond donors (Lipinski definition) is 2. The summed E-state index contributed by atoms with van der Waals surface area (Å²) in [5, 5.41) is 2.89. The molecule has 1 unspecified atom stereocenters. The highest BCUT2D eigenvalue weighted by Gasteiger charge is 2.22. The third-order valence-corrected chi connectivity index (χ3v) is 4.71. The van der Waals surface area contributed by atoms with Crippen molar-refractivity contribution in [3.8, 4) is 0 Å². The lowest BCUT2D eigenvalue weighted by atomic mass is 10.1. The van der Waals surface area contributed by atoms with Crippen LogP contribution in [-0.2, 0) is 21.3 Å². The van der Waals surface area contributed by atoms with E-state index in [4.69, 9.17) is 4.74 Å². The van der Waals surface area contributed by atoms with E-state index in [1.165, 1.54) is 12.1 Å². The second-order valence-corrected chi connectivity index (χ2v) is 6.61. The Morgan fingerprint density at radius 1 is 1.45 bits per heavy atom. The van der Waals surface area contributed by atoms with Crippen molar-refractivity contribution < 1.29 is 17.5 Å². The Morgan fingerprint density at radius 2 is 2.25 bits per heavy atom. The lowest BCUT2D eigenvalue weighted by molar-refractivity contribution is 0.186. The average Bonchev–Trinajstić information content (AvgIpc) is 2.90. The van der Waals surface area contributed by atoms with E-state index in [-0.39, 0.29) is 17.4 Å². The van der Waals surface area contributed by atoms with Crippen molar-refractivity contribution in [2.45, 2.75) is 17.9 Å². The first-order chi connectivity index (χ1) is 9.53. The van der Waals surface area contributed by atoms with Crippen molar-refractivity contribution >= 4 is 10.0 Å². The Hall–Kier alpha value is -1.02. The Bertz CT molecular complexity index is 557. The number of sulfonamides is 1. The van der Waals surface area contributed by atoms with Crippen LogP contribution in [0.2, 0.25) is 0 Å². The van der Waals surface area contributed by atoms with Gasteiger partial charge in [-0.1, -0.05) is 6.07 Å². The van der Waals surface area contributed by atoms with Crippen LogP contribution >= 0.6 is 0 Å². The minimum Gasteiger partial charge on any atom is -0.381 e. The number of rotatable bonds is 6. The van der Waals surface area contributed by atoms with Crippen molar-refractivity contribution in [3.05, 3.63) is 29.6 Å². The summed E-state index contributed by atoms with van der Waals surface area (Å²) in [6.45, 7) is 1.97. The molecule has 1 aromatic rings. The fourth-order valence-corrected chi connectivity index (χ4v) is 3.30. The second kappa shape index (κ2) is 6.62. The molecule has 20 heavy (non-hydrogen) atoms. The number of hydrogen-bond acceptors (Lipinski definition) is 4. The topological polar surface area (TPSA) is 67.4 Å². The summed E-state index contributed by atoms with van der Waals surface area (Å²) in [6, 6.07) is 4.14. The quantitative estimate of drug-likeness (QED) is 0.818. The summed E-state index contributed by atoms with van der Waals surface area (Å²) in [5.41, 5.74) is 0.702. The summed E-state index contributed by atoms with van der Waals surface area (Å²) in [5.74, 6) is -0.565. The van der Waals surface area contributed by atoms with Crippen LogP contribution in [0.5, 0.6) is 0 Å². The SMILES string of the molecule is CNCc1ccc(S(=O)(=O)NCC2CCOC2)c(F)c1. The highest BCUT2D eigenvalue weighted by atomic mass is 32.2. The predicted octanol–water partition coefficient (Wildman–Crippen LogP) is 0.860. The molecule has 112 valence electrons. The molecule has 1 aliphatic heterocycles. The zero-order valence-electron chi connectivity index (χ0n) is 11.4. The molecule has 0 aliphatic carbocycles. The van der Waals surface area contributed by atoms with E-state index in [2.05, 4.69) is 10.0 Å². The van der Waals surface area contributed by atoms with E-state index in [0.717, 1.165) is 6.42 Å². The van der Waals surface area contributed by atoms with Gasteiger partial charge in [0.25, 0.3) is 0 Å². The highest BCUT2D eigenvalue weighted by molar-refractivity contribution is 7.89. The fourth-order valence-electron chi connectivity index (χ4n) is 2.13. The van der Waals surface area contributed by atoms with Crippen LogP contribution in [0.1, 0.15) is 12.0 Å². The molecule has 1 atom stereocenters. The number of halogens is 1. The molecular weight excluding hydrogens is 283 g/mol. The van der Waals surface area contributed by atoms with Gasteiger partial charge in [-0.2, -0.15) is 0 Å². The first kappa shape index (κ1) is 15.4. The molecule has 0 amide bonds. The zero-order valence-corrected chi connectivity index (χ0v) is 12.2. The average molecular weight is 302 g/mol. The molecule has 7 heteroatoms. The van der Waals surface area contributed by atoms with E-state index in [9.17, 15) is 12.8 Å². The maximum Gasteiger partial charge on any atom is 0.243 e. The minimum atomic E-state index is -3.81. The molecule has 0 saturated carbocycles. The molecule has 1 saturated heterocycles. The monoisotopic (exact) mass is 302 g/mol. The molecule has 0 spiro atoms. The van der Waals surface area contributed by atoms with Crippen LogP contribution in [0.25, 0.3) is 0 Å². The maximum atomic E-state index is 13.9. The van der Waals surface area contributed by atoms with Crippen molar-refractivity contribution in [1.82, 2.24) is 10.0 Å². The van der Waals surface area contributed by atoms with Gasteiger partial charge in [0.05, 0.1) is 6.61 Å². The largest absolute Gasteiger partial charge is 0.381 e. The third-order valence-electron chi connectivity index (χ3n) is 3.25. The first-order valence-electron chi connectivity index (χ1n) is 6.53. The summed E-state index contributed by atoms with van der Waals surface area (Å²) in [6.07, 6.45) is 0.826. The van der Waals surface area contributed by atoms with Crippen molar-refractivity contribution in [1.29, 1.82) is 0 Å². The normalized spacial score (nSPS) is 19.4. The summed E-state index contributed by atoms with van der Waals surface area (Å²) >= 11 is 0. The number of nitrogens with one attached hydrogen (secondary N) is 2. The van der Waals surface area contributed by atoms with Gasteiger partial charge in [0.2, 0.25) is 10.0 Å². The van der Waals surface area contributed by atoms with Gasteiger partial charge in [0.15, 0.2) is 0 Å². The minimum absolute atomic E-state index is 0.163. The smallest absolute Gasteiger partial charge is 0.243 e. The van der Waals surface area contributed by atoms with E-state index < -0.39 is 15.8 Å². The van der Waals surface area contributed by atoms with E-state index in [1.54, 1.807) is 13.1 Å². The molecule has 0 bridgehead atoms. The van der Waals surface area contributed by atoms with Gasteiger partial charge in [0, 0.05) is 19.7 Å². The molecule has 0 aromatic heterocycles. The molecule has 5 nitrogen and oxygen atoms in total. The van der Waals surface area contributed by atoms with Crippen LogP contribution < -0.4 is 10.0 Å². The number of ether oxygens (including phenoxy) is 1. The molecule has 1 aromatic carbocycles. The lowest BCUT2D eigenvalue weighted by Gasteiger charge is -2.11.